The maximum absolute atomic E-state index is 12.7. The molecule has 172 valence electrons. The minimum atomic E-state index is -0.625. The number of rotatable bonds is 8. The number of Topliss-reactive ketones (excluding diaryl/α,β-unsaturated/α-hetero) is 1. The molecule has 0 aromatic heterocycles. The summed E-state index contributed by atoms with van der Waals surface area (Å²) in [6.07, 6.45) is 0.165. The van der Waals surface area contributed by atoms with Gasteiger partial charge >= 0.3 is 5.97 Å². The highest BCUT2D eigenvalue weighted by Gasteiger charge is 2.34. The first-order chi connectivity index (χ1) is 16.5. The van der Waals surface area contributed by atoms with Crippen molar-refractivity contribution in [3.63, 3.8) is 0 Å². The predicted octanol–water partition coefficient (Wildman–Crippen LogP) is 3.71. The number of likely N-dealkylation sites (tertiary alicyclic amines) is 1. The Morgan fingerprint density at radius 1 is 0.853 bits per heavy atom. The second kappa shape index (κ2) is 10.6. The zero-order valence-electron chi connectivity index (χ0n) is 18.5. The molecule has 1 aliphatic heterocycles. The number of ketones is 1. The lowest BCUT2D eigenvalue weighted by Crippen LogP contribution is -2.28. The van der Waals surface area contributed by atoms with Crippen molar-refractivity contribution in [1.29, 1.82) is 0 Å². The molecule has 34 heavy (non-hydrogen) atoms. The summed E-state index contributed by atoms with van der Waals surface area (Å²) in [4.78, 5) is 51.0. The highest BCUT2D eigenvalue weighted by Crippen LogP contribution is 2.22. The van der Waals surface area contributed by atoms with Gasteiger partial charge in [0.05, 0.1) is 11.5 Å². The van der Waals surface area contributed by atoms with Crippen LogP contribution in [0.2, 0.25) is 0 Å². The number of carbonyl (C=O) groups is 4. The van der Waals surface area contributed by atoms with Crippen LogP contribution in [0.5, 0.6) is 0 Å². The van der Waals surface area contributed by atoms with E-state index in [1.807, 2.05) is 30.3 Å². The Bertz CT molecular complexity index is 1180. The van der Waals surface area contributed by atoms with Crippen LogP contribution in [0.15, 0.2) is 84.9 Å². The number of hydrogen-bond acceptors (Lipinski definition) is 5. The largest absolute Gasteiger partial charge is 0.454 e. The standard InChI is InChI=1S/C27H24N2O5/c30-24(20-9-5-2-6-10-20)18-34-27(33)21-11-13-23(14-12-21)28-26(32)22-15-25(31)29(17-22)16-19-7-3-1-4-8-19/h1-14,22H,15-18H2,(H,28,32)/t22-/m1/s1. The number of anilines is 1. The number of hydrogen-bond donors (Lipinski definition) is 1. The number of benzene rings is 3. The van der Waals surface area contributed by atoms with Crippen molar-refractivity contribution in [3.05, 3.63) is 102 Å². The van der Waals surface area contributed by atoms with E-state index < -0.39 is 11.9 Å². The molecular weight excluding hydrogens is 432 g/mol. The first kappa shape index (κ1) is 22.9. The fraction of sp³-hybridized carbons (Fsp3) is 0.185. The lowest BCUT2D eigenvalue weighted by molar-refractivity contribution is -0.128. The minimum Gasteiger partial charge on any atom is -0.454 e. The highest BCUT2D eigenvalue weighted by molar-refractivity contribution is 6.00. The molecule has 0 spiro atoms. The number of amides is 2. The molecule has 7 nitrogen and oxygen atoms in total. The molecular formula is C27H24N2O5. The first-order valence-electron chi connectivity index (χ1n) is 11.0. The van der Waals surface area contributed by atoms with Crippen molar-refractivity contribution >= 4 is 29.3 Å². The van der Waals surface area contributed by atoms with Gasteiger partial charge in [-0.05, 0) is 29.8 Å². The van der Waals surface area contributed by atoms with Gasteiger partial charge in [0.1, 0.15) is 0 Å². The Hall–Kier alpha value is -4.26. The van der Waals surface area contributed by atoms with Gasteiger partial charge in [0.25, 0.3) is 0 Å². The molecule has 1 atom stereocenters. The molecule has 1 heterocycles. The van der Waals surface area contributed by atoms with E-state index in [2.05, 4.69) is 5.32 Å². The van der Waals surface area contributed by atoms with Crippen LogP contribution >= 0.6 is 0 Å². The number of ether oxygens (including phenoxy) is 1. The van der Waals surface area contributed by atoms with Gasteiger partial charge in [0, 0.05) is 30.8 Å². The van der Waals surface area contributed by atoms with E-state index >= 15 is 0 Å². The third-order valence-corrected chi connectivity index (χ3v) is 5.62. The molecule has 4 rings (SSSR count). The van der Waals surface area contributed by atoms with E-state index in [1.54, 1.807) is 47.4 Å². The molecule has 1 aliphatic rings. The minimum absolute atomic E-state index is 0.0489. The van der Waals surface area contributed by atoms with Crippen LogP contribution in [0.1, 0.15) is 32.7 Å². The number of nitrogens with one attached hydrogen (secondary N) is 1. The summed E-state index contributed by atoms with van der Waals surface area (Å²) in [5, 5.41) is 2.80. The number of carbonyl (C=O) groups excluding carboxylic acids is 4. The molecule has 3 aromatic carbocycles. The normalized spacial score (nSPS) is 15.1. The molecule has 1 saturated heterocycles. The fourth-order valence-electron chi connectivity index (χ4n) is 3.76. The van der Waals surface area contributed by atoms with Crippen LogP contribution in [0.3, 0.4) is 0 Å². The van der Waals surface area contributed by atoms with Crippen molar-refractivity contribution in [2.24, 2.45) is 5.92 Å². The van der Waals surface area contributed by atoms with Crippen molar-refractivity contribution in [1.82, 2.24) is 4.90 Å². The average molecular weight is 456 g/mol. The lowest BCUT2D eigenvalue weighted by Gasteiger charge is -2.16. The summed E-state index contributed by atoms with van der Waals surface area (Å²) < 4.78 is 5.10. The second-order valence-corrected chi connectivity index (χ2v) is 8.09. The first-order valence-corrected chi connectivity index (χ1v) is 11.0. The van der Waals surface area contributed by atoms with Gasteiger partial charge < -0.3 is 15.0 Å². The van der Waals surface area contributed by atoms with Crippen molar-refractivity contribution in [3.8, 4) is 0 Å². The van der Waals surface area contributed by atoms with Crippen LogP contribution in [0.4, 0.5) is 5.69 Å². The molecule has 7 heteroatoms. The average Bonchev–Trinajstić information content (AvgIpc) is 3.24. The number of nitrogens with zero attached hydrogens (tertiary/aromatic N) is 1. The highest BCUT2D eigenvalue weighted by atomic mass is 16.5. The van der Waals surface area contributed by atoms with Crippen LogP contribution in [0.25, 0.3) is 0 Å². The van der Waals surface area contributed by atoms with Gasteiger partial charge in [-0.3, -0.25) is 14.4 Å². The predicted molar refractivity (Wildman–Crippen MR) is 126 cm³/mol. The summed E-state index contributed by atoms with van der Waals surface area (Å²) in [6, 6.07) is 24.5. The topological polar surface area (TPSA) is 92.8 Å². The zero-order valence-corrected chi connectivity index (χ0v) is 18.5. The van der Waals surface area contributed by atoms with Gasteiger partial charge in [-0.1, -0.05) is 60.7 Å². The van der Waals surface area contributed by atoms with E-state index in [1.165, 1.54) is 12.1 Å². The molecule has 1 fully saturated rings. The maximum atomic E-state index is 12.7. The molecule has 0 saturated carbocycles. The van der Waals surface area contributed by atoms with Crippen molar-refractivity contribution < 1.29 is 23.9 Å². The summed E-state index contributed by atoms with van der Waals surface area (Å²) in [5.41, 5.74) is 2.27. The Labute approximate surface area is 197 Å². The third kappa shape index (κ3) is 5.75. The Morgan fingerprint density at radius 2 is 1.50 bits per heavy atom. The Kier molecular flexibility index (Phi) is 7.13. The van der Waals surface area contributed by atoms with E-state index in [0.29, 0.717) is 24.3 Å². The summed E-state index contributed by atoms with van der Waals surface area (Å²) in [6.45, 7) is 0.489. The van der Waals surface area contributed by atoms with Crippen LogP contribution in [-0.2, 0) is 20.9 Å². The van der Waals surface area contributed by atoms with E-state index in [4.69, 9.17) is 4.74 Å². The monoisotopic (exact) mass is 456 g/mol. The molecule has 0 aliphatic carbocycles. The summed E-state index contributed by atoms with van der Waals surface area (Å²) in [5.74, 6) is -1.64. The van der Waals surface area contributed by atoms with E-state index in [-0.39, 0.29) is 36.2 Å². The zero-order chi connectivity index (χ0) is 23.9. The smallest absolute Gasteiger partial charge is 0.338 e. The lowest BCUT2D eigenvalue weighted by atomic mass is 10.1. The molecule has 0 bridgehead atoms. The molecule has 1 N–H and O–H groups in total. The van der Waals surface area contributed by atoms with Gasteiger partial charge in [0.15, 0.2) is 12.4 Å². The molecule has 2 amide bonds. The summed E-state index contributed by atoms with van der Waals surface area (Å²) in [7, 11) is 0. The van der Waals surface area contributed by atoms with Gasteiger partial charge in [-0.15, -0.1) is 0 Å². The van der Waals surface area contributed by atoms with Crippen LogP contribution in [-0.4, -0.2) is 41.6 Å². The SMILES string of the molecule is O=C(COC(=O)c1ccc(NC(=O)[C@@H]2CC(=O)N(Cc3ccccc3)C2)cc1)c1ccccc1. The second-order valence-electron chi connectivity index (χ2n) is 8.09. The van der Waals surface area contributed by atoms with Crippen molar-refractivity contribution in [2.45, 2.75) is 13.0 Å². The van der Waals surface area contributed by atoms with E-state index in [0.717, 1.165) is 5.56 Å². The maximum Gasteiger partial charge on any atom is 0.338 e. The van der Waals surface area contributed by atoms with Crippen LogP contribution < -0.4 is 5.32 Å². The fourth-order valence-corrected chi connectivity index (χ4v) is 3.76. The van der Waals surface area contributed by atoms with E-state index in [9.17, 15) is 19.2 Å². The Morgan fingerprint density at radius 3 is 2.18 bits per heavy atom. The van der Waals surface area contributed by atoms with Gasteiger partial charge in [-0.25, -0.2) is 4.79 Å². The van der Waals surface area contributed by atoms with Crippen LogP contribution in [0, 0.1) is 5.92 Å². The van der Waals surface area contributed by atoms with Crippen molar-refractivity contribution in [2.75, 3.05) is 18.5 Å². The van der Waals surface area contributed by atoms with Gasteiger partial charge in [-0.2, -0.15) is 0 Å². The molecule has 0 radical (unpaired) electrons. The summed E-state index contributed by atoms with van der Waals surface area (Å²) >= 11 is 0. The molecule has 3 aromatic rings. The Balaban J connectivity index is 1.27. The third-order valence-electron chi connectivity index (χ3n) is 5.62. The van der Waals surface area contributed by atoms with Gasteiger partial charge in [0.2, 0.25) is 11.8 Å². The molecule has 0 unspecified atom stereocenters. The number of esters is 1. The quantitative estimate of drug-likeness (QED) is 0.412.